The highest BCUT2D eigenvalue weighted by Gasteiger charge is 2.21. The molecule has 0 aliphatic rings. The van der Waals surface area contributed by atoms with Gasteiger partial charge in [0.1, 0.15) is 5.75 Å². The summed E-state index contributed by atoms with van der Waals surface area (Å²) in [4.78, 5) is 13.5. The van der Waals surface area contributed by atoms with Crippen LogP contribution in [0, 0.1) is 0 Å². The number of carbonyl (C=O) groups is 1. The van der Waals surface area contributed by atoms with Crippen molar-refractivity contribution >= 4 is 37.4 Å². The van der Waals surface area contributed by atoms with E-state index in [0.717, 1.165) is 4.47 Å². The van der Waals surface area contributed by atoms with Crippen molar-refractivity contribution in [2.24, 2.45) is 0 Å². The molecule has 0 bridgehead atoms. The molecule has 0 N–H and O–H groups in total. The number of amides is 1. The molecule has 116 valence electrons. The molecule has 0 atom stereocenters. The lowest BCUT2D eigenvalue weighted by atomic mass is 10.2. The molecule has 22 heavy (non-hydrogen) atoms. The second-order valence-corrected chi connectivity index (χ2v) is 7.93. The molecule has 2 aromatic carbocycles. The average molecular weight is 382 g/mol. The first-order valence-corrected chi connectivity index (χ1v) is 9.25. The van der Waals surface area contributed by atoms with E-state index in [4.69, 9.17) is 0 Å². The lowest BCUT2D eigenvalue weighted by molar-refractivity contribution is -0.115. The molecule has 0 aliphatic carbocycles. The summed E-state index contributed by atoms with van der Waals surface area (Å²) < 4.78 is 25.2. The predicted molar refractivity (Wildman–Crippen MR) is 91.5 cm³/mol. The van der Waals surface area contributed by atoms with Gasteiger partial charge >= 0.3 is 0 Å². The van der Waals surface area contributed by atoms with E-state index in [2.05, 4.69) is 15.9 Å². The second-order valence-electron chi connectivity index (χ2n) is 4.95. The van der Waals surface area contributed by atoms with E-state index >= 15 is 0 Å². The Morgan fingerprint density at radius 3 is 2.41 bits per heavy atom. The van der Waals surface area contributed by atoms with Crippen LogP contribution in [0.3, 0.4) is 0 Å². The van der Waals surface area contributed by atoms with E-state index in [9.17, 15) is 13.2 Å². The Hall–Kier alpha value is -1.66. The van der Waals surface area contributed by atoms with Crippen molar-refractivity contribution in [1.29, 1.82) is 0 Å². The van der Waals surface area contributed by atoms with Gasteiger partial charge < -0.3 is 4.90 Å². The van der Waals surface area contributed by atoms with Crippen molar-refractivity contribution < 1.29 is 13.2 Å². The molecular weight excluding hydrogens is 366 g/mol. The Bertz CT molecular complexity index is 760. The maximum absolute atomic E-state index is 12.2. The molecular formula is C16H16BrNO3S. The van der Waals surface area contributed by atoms with Gasteiger partial charge in [0.05, 0.1) is 5.75 Å². The summed E-state index contributed by atoms with van der Waals surface area (Å²) in [6.07, 6.45) is 0. The van der Waals surface area contributed by atoms with Gasteiger partial charge in [-0.2, -0.15) is 0 Å². The molecule has 0 aromatic heterocycles. The molecule has 2 aromatic rings. The van der Waals surface area contributed by atoms with Gasteiger partial charge in [0, 0.05) is 17.2 Å². The van der Waals surface area contributed by atoms with Gasteiger partial charge in [-0.1, -0.05) is 46.3 Å². The quantitative estimate of drug-likeness (QED) is 0.799. The Morgan fingerprint density at radius 1 is 1.09 bits per heavy atom. The van der Waals surface area contributed by atoms with Gasteiger partial charge in [-0.25, -0.2) is 8.42 Å². The van der Waals surface area contributed by atoms with E-state index in [1.165, 1.54) is 4.90 Å². The Labute approximate surface area is 138 Å². The molecule has 0 aliphatic heterocycles. The zero-order valence-electron chi connectivity index (χ0n) is 12.1. The fourth-order valence-corrected chi connectivity index (χ4v) is 3.82. The van der Waals surface area contributed by atoms with E-state index < -0.39 is 21.5 Å². The van der Waals surface area contributed by atoms with Crippen LogP contribution < -0.4 is 4.90 Å². The molecule has 2 rings (SSSR count). The van der Waals surface area contributed by atoms with Crippen molar-refractivity contribution in [3.8, 4) is 0 Å². The van der Waals surface area contributed by atoms with E-state index in [-0.39, 0.29) is 5.75 Å². The summed E-state index contributed by atoms with van der Waals surface area (Å²) in [6.45, 7) is 0. The number of sulfone groups is 1. The van der Waals surface area contributed by atoms with Gasteiger partial charge in [-0.05, 0) is 29.8 Å². The number of benzene rings is 2. The van der Waals surface area contributed by atoms with Crippen LogP contribution in [-0.4, -0.2) is 27.1 Å². The number of rotatable bonds is 5. The molecule has 0 saturated carbocycles. The van der Waals surface area contributed by atoms with Crippen molar-refractivity contribution in [2.45, 2.75) is 5.75 Å². The SMILES string of the molecule is CN(C(=O)CS(=O)(=O)Cc1cccc(Br)c1)c1ccccc1. The van der Waals surface area contributed by atoms with Crippen LogP contribution in [0.25, 0.3) is 0 Å². The third-order valence-electron chi connectivity index (χ3n) is 3.14. The zero-order chi connectivity index (χ0) is 16.2. The van der Waals surface area contributed by atoms with Gasteiger partial charge in [-0.3, -0.25) is 4.79 Å². The third-order valence-corrected chi connectivity index (χ3v) is 5.09. The summed E-state index contributed by atoms with van der Waals surface area (Å²) in [5, 5.41) is 0. The first-order chi connectivity index (χ1) is 10.4. The van der Waals surface area contributed by atoms with Crippen LogP contribution in [0.4, 0.5) is 5.69 Å². The zero-order valence-corrected chi connectivity index (χ0v) is 14.5. The molecule has 0 unspecified atom stereocenters. The Morgan fingerprint density at radius 2 is 1.77 bits per heavy atom. The standard InChI is InChI=1S/C16H16BrNO3S/c1-18(15-8-3-2-4-9-15)16(19)12-22(20,21)11-13-6-5-7-14(17)10-13/h2-10H,11-12H2,1H3. The first kappa shape index (κ1) is 16.7. The number of para-hydroxylation sites is 1. The largest absolute Gasteiger partial charge is 0.315 e. The monoisotopic (exact) mass is 381 g/mol. The Kier molecular flexibility index (Phi) is 5.37. The molecule has 4 nitrogen and oxygen atoms in total. The predicted octanol–water partition coefficient (Wildman–Crippen LogP) is 3.03. The van der Waals surface area contributed by atoms with Crippen molar-refractivity contribution in [2.75, 3.05) is 17.7 Å². The van der Waals surface area contributed by atoms with Gasteiger partial charge in [0.25, 0.3) is 0 Å². The minimum Gasteiger partial charge on any atom is -0.315 e. The summed E-state index contributed by atoms with van der Waals surface area (Å²) in [7, 11) is -1.94. The number of hydrogen-bond donors (Lipinski definition) is 0. The molecule has 0 saturated heterocycles. The molecule has 0 heterocycles. The van der Waals surface area contributed by atoms with E-state index in [1.807, 2.05) is 12.1 Å². The minimum absolute atomic E-state index is 0.152. The lowest BCUT2D eigenvalue weighted by Crippen LogP contribution is -2.32. The summed E-state index contributed by atoms with van der Waals surface area (Å²) in [5.41, 5.74) is 1.33. The van der Waals surface area contributed by atoms with E-state index in [1.54, 1.807) is 49.5 Å². The van der Waals surface area contributed by atoms with Crippen LogP contribution >= 0.6 is 15.9 Å². The highest BCUT2D eigenvalue weighted by atomic mass is 79.9. The Balaban J connectivity index is 2.07. The first-order valence-electron chi connectivity index (χ1n) is 6.64. The van der Waals surface area contributed by atoms with Crippen LogP contribution in [0.5, 0.6) is 0 Å². The molecule has 1 amide bonds. The molecule has 0 fully saturated rings. The molecule has 0 radical (unpaired) electrons. The lowest BCUT2D eigenvalue weighted by Gasteiger charge is -2.17. The van der Waals surface area contributed by atoms with Crippen molar-refractivity contribution in [1.82, 2.24) is 0 Å². The maximum Gasteiger partial charge on any atom is 0.241 e. The summed E-state index contributed by atoms with van der Waals surface area (Å²) in [6, 6.07) is 16.0. The van der Waals surface area contributed by atoms with Gasteiger partial charge in [-0.15, -0.1) is 0 Å². The second kappa shape index (κ2) is 7.07. The van der Waals surface area contributed by atoms with Gasteiger partial charge in [0.15, 0.2) is 9.84 Å². The van der Waals surface area contributed by atoms with Crippen LogP contribution in [0.1, 0.15) is 5.56 Å². The van der Waals surface area contributed by atoms with Crippen LogP contribution in [0.2, 0.25) is 0 Å². The summed E-state index contributed by atoms with van der Waals surface area (Å²) >= 11 is 3.30. The van der Waals surface area contributed by atoms with Crippen LogP contribution in [-0.2, 0) is 20.4 Å². The maximum atomic E-state index is 12.2. The number of halogens is 1. The normalized spacial score (nSPS) is 11.2. The minimum atomic E-state index is -3.52. The topological polar surface area (TPSA) is 54.5 Å². The smallest absolute Gasteiger partial charge is 0.241 e. The number of hydrogen-bond acceptors (Lipinski definition) is 3. The number of anilines is 1. The molecule has 6 heteroatoms. The highest BCUT2D eigenvalue weighted by Crippen LogP contribution is 2.16. The fraction of sp³-hybridized carbons (Fsp3) is 0.188. The highest BCUT2D eigenvalue weighted by molar-refractivity contribution is 9.10. The summed E-state index contributed by atoms with van der Waals surface area (Å²) in [5.74, 6) is -1.10. The van der Waals surface area contributed by atoms with E-state index in [0.29, 0.717) is 11.3 Å². The average Bonchev–Trinajstić information content (AvgIpc) is 2.46. The number of carbonyl (C=O) groups excluding carboxylic acids is 1. The third kappa shape index (κ3) is 4.68. The van der Waals surface area contributed by atoms with Crippen LogP contribution in [0.15, 0.2) is 59.1 Å². The van der Waals surface area contributed by atoms with Gasteiger partial charge in [0.2, 0.25) is 5.91 Å². The van der Waals surface area contributed by atoms with Crippen molar-refractivity contribution in [3.05, 3.63) is 64.6 Å². The number of nitrogens with zero attached hydrogens (tertiary/aromatic N) is 1. The fourth-order valence-electron chi connectivity index (χ4n) is 2.01. The molecule has 0 spiro atoms. The van der Waals surface area contributed by atoms with Crippen molar-refractivity contribution in [3.63, 3.8) is 0 Å².